The number of rotatable bonds is 6. The number of amides is 1. The van der Waals surface area contributed by atoms with Gasteiger partial charge in [-0.3, -0.25) is 4.79 Å². The fourth-order valence-corrected chi connectivity index (χ4v) is 3.88. The summed E-state index contributed by atoms with van der Waals surface area (Å²) in [5.41, 5.74) is 5.60. The second kappa shape index (κ2) is 8.82. The van der Waals surface area contributed by atoms with Crippen molar-refractivity contribution < 1.29 is 9.53 Å². The number of para-hydroxylation sites is 2. The minimum absolute atomic E-state index is 0.0780. The fraction of sp³-hybridized carbons (Fsp3) is 0.240. The number of nitrogens with one attached hydrogen (secondary N) is 1. The highest BCUT2D eigenvalue weighted by molar-refractivity contribution is 5.94. The molecular weight excluding hydrogens is 360 g/mol. The molecule has 0 atom stereocenters. The van der Waals surface area contributed by atoms with E-state index in [1.165, 1.54) is 23.2 Å². The first kappa shape index (κ1) is 19.1. The molecule has 1 aliphatic heterocycles. The summed E-state index contributed by atoms with van der Waals surface area (Å²) in [6, 6.07) is 24.3. The van der Waals surface area contributed by atoms with Gasteiger partial charge in [-0.1, -0.05) is 48.5 Å². The van der Waals surface area contributed by atoms with Gasteiger partial charge >= 0.3 is 0 Å². The molecular formula is C25H26N2O2. The van der Waals surface area contributed by atoms with E-state index in [2.05, 4.69) is 46.6 Å². The quantitative estimate of drug-likeness (QED) is 0.674. The van der Waals surface area contributed by atoms with E-state index in [9.17, 15) is 4.79 Å². The van der Waals surface area contributed by atoms with Crippen molar-refractivity contribution in [3.8, 4) is 5.75 Å². The standard InChI is InChI=1S/C25H26N2O2/c1-29-24-11-5-3-8-22(24)17-26-25(28)21-14-12-19(13-15-21)18-27-16-6-9-20-7-2-4-10-23(20)27/h2-5,7-8,10-15H,6,9,16-18H2,1H3,(H,26,28). The first-order valence-corrected chi connectivity index (χ1v) is 10.1. The molecule has 0 aromatic heterocycles. The van der Waals surface area contributed by atoms with Gasteiger partial charge in [0.25, 0.3) is 5.91 Å². The van der Waals surface area contributed by atoms with Crippen molar-refractivity contribution in [3.05, 3.63) is 95.1 Å². The number of benzene rings is 3. The highest BCUT2D eigenvalue weighted by Crippen LogP contribution is 2.28. The molecule has 1 heterocycles. The Morgan fingerprint density at radius 3 is 2.59 bits per heavy atom. The number of ether oxygens (including phenoxy) is 1. The van der Waals surface area contributed by atoms with Crippen LogP contribution in [0.25, 0.3) is 0 Å². The second-order valence-electron chi connectivity index (χ2n) is 7.35. The molecule has 0 fully saturated rings. The van der Waals surface area contributed by atoms with Crippen LogP contribution in [0.4, 0.5) is 5.69 Å². The third-order valence-corrected chi connectivity index (χ3v) is 5.43. The van der Waals surface area contributed by atoms with Crippen LogP contribution in [0.5, 0.6) is 5.75 Å². The predicted octanol–water partition coefficient (Wildman–Crippen LogP) is 4.58. The summed E-state index contributed by atoms with van der Waals surface area (Å²) in [7, 11) is 1.64. The molecule has 0 saturated heterocycles. The SMILES string of the molecule is COc1ccccc1CNC(=O)c1ccc(CN2CCCc3ccccc32)cc1. The molecule has 4 nitrogen and oxygen atoms in total. The van der Waals surface area contributed by atoms with E-state index in [4.69, 9.17) is 4.74 Å². The highest BCUT2D eigenvalue weighted by Gasteiger charge is 2.16. The smallest absolute Gasteiger partial charge is 0.251 e. The Morgan fingerprint density at radius 2 is 1.76 bits per heavy atom. The van der Waals surface area contributed by atoms with E-state index in [0.29, 0.717) is 12.1 Å². The lowest BCUT2D eigenvalue weighted by Gasteiger charge is -2.31. The van der Waals surface area contributed by atoms with Crippen LogP contribution in [0.3, 0.4) is 0 Å². The molecule has 0 unspecified atom stereocenters. The highest BCUT2D eigenvalue weighted by atomic mass is 16.5. The zero-order valence-corrected chi connectivity index (χ0v) is 16.7. The first-order chi connectivity index (χ1) is 14.2. The summed E-state index contributed by atoms with van der Waals surface area (Å²) in [6.07, 6.45) is 2.33. The van der Waals surface area contributed by atoms with Gasteiger partial charge in [-0.2, -0.15) is 0 Å². The topological polar surface area (TPSA) is 41.6 Å². The first-order valence-electron chi connectivity index (χ1n) is 10.1. The lowest BCUT2D eigenvalue weighted by atomic mass is 10.0. The minimum Gasteiger partial charge on any atom is -0.496 e. The van der Waals surface area contributed by atoms with Gasteiger partial charge in [-0.25, -0.2) is 0 Å². The van der Waals surface area contributed by atoms with Crippen LogP contribution in [0, 0.1) is 0 Å². The molecule has 1 N–H and O–H groups in total. The maximum atomic E-state index is 12.5. The normalized spacial score (nSPS) is 12.9. The largest absolute Gasteiger partial charge is 0.496 e. The molecule has 0 aliphatic carbocycles. The Hall–Kier alpha value is -3.27. The lowest BCUT2D eigenvalue weighted by Crippen LogP contribution is -2.28. The monoisotopic (exact) mass is 386 g/mol. The molecule has 4 heteroatoms. The molecule has 0 spiro atoms. The summed E-state index contributed by atoms with van der Waals surface area (Å²) in [5.74, 6) is 0.704. The van der Waals surface area contributed by atoms with E-state index < -0.39 is 0 Å². The number of nitrogens with zero attached hydrogens (tertiary/aromatic N) is 1. The number of hydrogen-bond acceptors (Lipinski definition) is 3. The summed E-state index contributed by atoms with van der Waals surface area (Å²) in [4.78, 5) is 14.9. The van der Waals surface area contributed by atoms with Crippen LogP contribution in [-0.2, 0) is 19.5 Å². The summed E-state index contributed by atoms with van der Waals surface area (Å²) >= 11 is 0. The van der Waals surface area contributed by atoms with Gasteiger partial charge < -0.3 is 15.0 Å². The second-order valence-corrected chi connectivity index (χ2v) is 7.35. The maximum absolute atomic E-state index is 12.5. The van der Waals surface area contributed by atoms with Crippen LogP contribution in [0.2, 0.25) is 0 Å². The Labute approximate surface area is 172 Å². The van der Waals surface area contributed by atoms with Gasteiger partial charge in [-0.15, -0.1) is 0 Å². The van der Waals surface area contributed by atoms with Crippen molar-refractivity contribution >= 4 is 11.6 Å². The van der Waals surface area contributed by atoms with Gasteiger partial charge in [0.2, 0.25) is 0 Å². The Bertz CT molecular complexity index is 982. The molecule has 29 heavy (non-hydrogen) atoms. The average molecular weight is 386 g/mol. The fourth-order valence-electron chi connectivity index (χ4n) is 3.88. The summed E-state index contributed by atoms with van der Waals surface area (Å²) in [6.45, 7) is 2.37. The number of carbonyl (C=O) groups is 1. The van der Waals surface area contributed by atoms with Gasteiger partial charge in [0.05, 0.1) is 7.11 Å². The summed E-state index contributed by atoms with van der Waals surface area (Å²) in [5, 5.41) is 2.97. The van der Waals surface area contributed by atoms with Gasteiger partial charge in [0.15, 0.2) is 0 Å². The minimum atomic E-state index is -0.0780. The molecule has 3 aromatic rings. The average Bonchev–Trinajstić information content (AvgIpc) is 2.78. The Kier molecular flexibility index (Phi) is 5.80. The van der Waals surface area contributed by atoms with E-state index in [1.807, 2.05) is 36.4 Å². The Balaban J connectivity index is 1.39. The maximum Gasteiger partial charge on any atom is 0.251 e. The number of fused-ring (bicyclic) bond motifs is 1. The molecule has 148 valence electrons. The van der Waals surface area contributed by atoms with Crippen LogP contribution < -0.4 is 15.0 Å². The number of anilines is 1. The molecule has 0 radical (unpaired) electrons. The summed E-state index contributed by atoms with van der Waals surface area (Å²) < 4.78 is 5.34. The molecule has 4 rings (SSSR count). The van der Waals surface area contributed by atoms with Crippen molar-refractivity contribution in [2.75, 3.05) is 18.6 Å². The molecule has 3 aromatic carbocycles. The molecule has 0 saturated carbocycles. The number of methoxy groups -OCH3 is 1. The van der Waals surface area contributed by atoms with Gasteiger partial charge in [0, 0.05) is 36.4 Å². The molecule has 1 amide bonds. The predicted molar refractivity (Wildman–Crippen MR) is 116 cm³/mol. The molecule has 1 aliphatic rings. The van der Waals surface area contributed by atoms with Crippen molar-refractivity contribution in [2.24, 2.45) is 0 Å². The van der Waals surface area contributed by atoms with Crippen molar-refractivity contribution in [3.63, 3.8) is 0 Å². The number of aryl methyl sites for hydroxylation is 1. The molecule has 0 bridgehead atoms. The van der Waals surface area contributed by atoms with Crippen LogP contribution in [0.15, 0.2) is 72.8 Å². The zero-order valence-electron chi connectivity index (χ0n) is 16.7. The van der Waals surface area contributed by atoms with E-state index in [1.54, 1.807) is 7.11 Å². The lowest BCUT2D eigenvalue weighted by molar-refractivity contribution is 0.0950. The zero-order chi connectivity index (χ0) is 20.1. The van der Waals surface area contributed by atoms with Gasteiger partial charge in [-0.05, 0) is 48.2 Å². The third kappa shape index (κ3) is 4.43. The third-order valence-electron chi connectivity index (χ3n) is 5.43. The number of carbonyl (C=O) groups excluding carboxylic acids is 1. The van der Waals surface area contributed by atoms with E-state index >= 15 is 0 Å². The van der Waals surface area contributed by atoms with Crippen LogP contribution in [-0.4, -0.2) is 19.6 Å². The Morgan fingerprint density at radius 1 is 1.00 bits per heavy atom. The van der Waals surface area contributed by atoms with Crippen molar-refractivity contribution in [1.29, 1.82) is 0 Å². The number of hydrogen-bond donors (Lipinski definition) is 1. The van der Waals surface area contributed by atoms with E-state index in [0.717, 1.165) is 30.8 Å². The van der Waals surface area contributed by atoms with Crippen molar-refractivity contribution in [2.45, 2.75) is 25.9 Å². The van der Waals surface area contributed by atoms with Crippen LogP contribution >= 0.6 is 0 Å². The van der Waals surface area contributed by atoms with E-state index in [-0.39, 0.29) is 5.91 Å². The van der Waals surface area contributed by atoms with Crippen LogP contribution in [0.1, 0.15) is 33.5 Å². The van der Waals surface area contributed by atoms with Gasteiger partial charge in [0.1, 0.15) is 5.75 Å². The van der Waals surface area contributed by atoms with Crippen molar-refractivity contribution in [1.82, 2.24) is 5.32 Å².